The molecule has 0 aromatic carbocycles. The number of hydrogen-bond acceptors (Lipinski definition) is 4. The first-order valence-electron chi connectivity index (χ1n) is 5.92. The Labute approximate surface area is 105 Å². The van der Waals surface area contributed by atoms with Gasteiger partial charge in [0.2, 0.25) is 0 Å². The summed E-state index contributed by atoms with van der Waals surface area (Å²) in [5.74, 6) is 2.01. The first-order chi connectivity index (χ1) is 8.36. The standard InChI is InChI=1S/C12H16N2O2S/c1-2-10(16-5-1)8-13-11-14-12(9-17-11)3-6-15-7-4-12/h1-2,5H,3-4,6-9H2,(H,13,14). The van der Waals surface area contributed by atoms with E-state index < -0.39 is 0 Å². The molecular formula is C12H16N2O2S. The number of ether oxygens (including phenoxy) is 1. The maximum Gasteiger partial charge on any atom is 0.157 e. The van der Waals surface area contributed by atoms with E-state index in [1.807, 2.05) is 23.9 Å². The molecule has 0 amide bonds. The Kier molecular flexibility index (Phi) is 3.11. The molecule has 1 aromatic rings. The second-order valence-corrected chi connectivity index (χ2v) is 5.47. The molecule has 5 heteroatoms. The molecule has 0 atom stereocenters. The van der Waals surface area contributed by atoms with Crippen molar-refractivity contribution in [2.75, 3.05) is 19.0 Å². The smallest absolute Gasteiger partial charge is 0.157 e. The van der Waals surface area contributed by atoms with Crippen LogP contribution in [-0.2, 0) is 11.3 Å². The number of aliphatic imine (C=N–C) groups is 1. The van der Waals surface area contributed by atoms with Gasteiger partial charge in [-0.15, -0.1) is 0 Å². The number of thioether (sulfide) groups is 1. The molecule has 1 aromatic heterocycles. The molecule has 1 spiro atoms. The fourth-order valence-electron chi connectivity index (χ4n) is 2.17. The van der Waals surface area contributed by atoms with E-state index in [4.69, 9.17) is 9.15 Å². The first-order valence-corrected chi connectivity index (χ1v) is 6.90. The van der Waals surface area contributed by atoms with Crippen LogP contribution in [-0.4, -0.2) is 29.7 Å². The number of rotatable bonds is 2. The van der Waals surface area contributed by atoms with Gasteiger partial charge in [-0.25, -0.2) is 0 Å². The highest BCUT2D eigenvalue weighted by atomic mass is 32.2. The number of nitrogens with zero attached hydrogens (tertiary/aromatic N) is 1. The Bertz CT molecular complexity index is 397. The van der Waals surface area contributed by atoms with Gasteiger partial charge in [-0.05, 0) is 25.0 Å². The molecule has 2 aliphatic rings. The Morgan fingerprint density at radius 3 is 3.06 bits per heavy atom. The van der Waals surface area contributed by atoms with Gasteiger partial charge in [0.15, 0.2) is 5.17 Å². The van der Waals surface area contributed by atoms with E-state index in [0.29, 0.717) is 6.54 Å². The molecule has 2 aliphatic heterocycles. The summed E-state index contributed by atoms with van der Waals surface area (Å²) < 4.78 is 10.7. The number of amidine groups is 1. The Hall–Kier alpha value is -0.940. The molecule has 3 heterocycles. The summed E-state index contributed by atoms with van der Waals surface area (Å²) in [6.07, 6.45) is 3.85. The van der Waals surface area contributed by atoms with Crippen LogP contribution in [0.5, 0.6) is 0 Å². The third-order valence-electron chi connectivity index (χ3n) is 3.27. The van der Waals surface area contributed by atoms with Crippen molar-refractivity contribution < 1.29 is 9.15 Å². The van der Waals surface area contributed by atoms with Crippen molar-refractivity contribution in [1.82, 2.24) is 5.32 Å². The second-order valence-electron chi connectivity index (χ2n) is 4.51. The molecule has 92 valence electrons. The number of nitrogens with one attached hydrogen (secondary N) is 1. The van der Waals surface area contributed by atoms with Gasteiger partial charge in [0.25, 0.3) is 0 Å². The summed E-state index contributed by atoms with van der Waals surface area (Å²) in [4.78, 5) is 4.55. The largest absolute Gasteiger partial charge is 0.467 e. The monoisotopic (exact) mass is 252 g/mol. The molecule has 0 bridgehead atoms. The quantitative estimate of drug-likeness (QED) is 0.874. The summed E-state index contributed by atoms with van der Waals surface area (Å²) in [5.41, 5.74) is 0.227. The lowest BCUT2D eigenvalue weighted by molar-refractivity contribution is 0.0555. The number of hydrogen-bond donors (Lipinski definition) is 1. The van der Waals surface area contributed by atoms with E-state index in [-0.39, 0.29) is 5.54 Å². The zero-order valence-corrected chi connectivity index (χ0v) is 10.5. The third kappa shape index (κ3) is 2.50. The van der Waals surface area contributed by atoms with E-state index in [2.05, 4.69) is 10.3 Å². The minimum atomic E-state index is 0.227. The van der Waals surface area contributed by atoms with Crippen LogP contribution in [0.15, 0.2) is 27.8 Å². The molecule has 4 nitrogen and oxygen atoms in total. The van der Waals surface area contributed by atoms with E-state index >= 15 is 0 Å². The zero-order valence-electron chi connectivity index (χ0n) is 9.65. The van der Waals surface area contributed by atoms with Crippen LogP contribution in [0.2, 0.25) is 0 Å². The van der Waals surface area contributed by atoms with Crippen molar-refractivity contribution in [3.05, 3.63) is 24.2 Å². The lowest BCUT2D eigenvalue weighted by atomic mass is 9.93. The van der Waals surface area contributed by atoms with Crippen molar-refractivity contribution in [2.24, 2.45) is 4.99 Å². The van der Waals surface area contributed by atoms with Crippen LogP contribution >= 0.6 is 11.8 Å². The molecule has 0 saturated carbocycles. The van der Waals surface area contributed by atoms with Crippen LogP contribution < -0.4 is 5.32 Å². The van der Waals surface area contributed by atoms with Crippen LogP contribution in [0.3, 0.4) is 0 Å². The van der Waals surface area contributed by atoms with Gasteiger partial charge in [-0.1, -0.05) is 11.8 Å². The molecule has 17 heavy (non-hydrogen) atoms. The Balaban J connectivity index is 1.61. The van der Waals surface area contributed by atoms with E-state index in [1.54, 1.807) is 6.26 Å². The Morgan fingerprint density at radius 1 is 1.41 bits per heavy atom. The first kappa shape index (κ1) is 11.2. The molecular weight excluding hydrogens is 236 g/mol. The van der Waals surface area contributed by atoms with Crippen molar-refractivity contribution >= 4 is 16.9 Å². The highest BCUT2D eigenvalue weighted by Crippen LogP contribution is 2.31. The minimum Gasteiger partial charge on any atom is -0.467 e. The molecule has 1 N–H and O–H groups in total. The van der Waals surface area contributed by atoms with Crippen LogP contribution in [0.1, 0.15) is 18.6 Å². The predicted molar refractivity (Wildman–Crippen MR) is 68.2 cm³/mol. The van der Waals surface area contributed by atoms with Gasteiger partial charge in [-0.2, -0.15) is 0 Å². The third-order valence-corrected chi connectivity index (χ3v) is 4.47. The van der Waals surface area contributed by atoms with Crippen LogP contribution in [0.4, 0.5) is 0 Å². The molecule has 0 unspecified atom stereocenters. The van der Waals surface area contributed by atoms with Crippen molar-refractivity contribution in [3.8, 4) is 0 Å². The van der Waals surface area contributed by atoms with E-state index in [9.17, 15) is 0 Å². The SMILES string of the molecule is c1coc(CN=C2NC3(CCOCC3)CS2)c1. The van der Waals surface area contributed by atoms with Gasteiger partial charge < -0.3 is 14.5 Å². The van der Waals surface area contributed by atoms with Crippen LogP contribution in [0, 0.1) is 0 Å². The summed E-state index contributed by atoms with van der Waals surface area (Å²) in [7, 11) is 0. The molecule has 0 aliphatic carbocycles. The maximum atomic E-state index is 5.41. The fourth-order valence-corrected chi connectivity index (χ4v) is 3.39. The van der Waals surface area contributed by atoms with E-state index in [1.165, 1.54) is 0 Å². The Morgan fingerprint density at radius 2 is 2.29 bits per heavy atom. The predicted octanol–water partition coefficient (Wildman–Crippen LogP) is 2.02. The van der Waals surface area contributed by atoms with Gasteiger partial charge in [-0.3, -0.25) is 4.99 Å². The average Bonchev–Trinajstić information content (AvgIpc) is 2.98. The summed E-state index contributed by atoms with van der Waals surface area (Å²) >= 11 is 1.81. The summed E-state index contributed by atoms with van der Waals surface area (Å²) in [6.45, 7) is 2.34. The molecule has 3 rings (SSSR count). The van der Waals surface area contributed by atoms with Gasteiger partial charge in [0.1, 0.15) is 5.76 Å². The van der Waals surface area contributed by atoms with Crippen molar-refractivity contribution in [2.45, 2.75) is 24.9 Å². The van der Waals surface area contributed by atoms with E-state index in [0.717, 1.165) is 42.7 Å². The molecule has 2 fully saturated rings. The normalized spacial score (nSPS) is 25.3. The fraction of sp³-hybridized carbons (Fsp3) is 0.583. The highest BCUT2D eigenvalue weighted by molar-refractivity contribution is 8.14. The van der Waals surface area contributed by atoms with Crippen LogP contribution in [0.25, 0.3) is 0 Å². The minimum absolute atomic E-state index is 0.227. The highest BCUT2D eigenvalue weighted by Gasteiger charge is 2.38. The lowest BCUT2D eigenvalue weighted by Gasteiger charge is -2.32. The number of furan rings is 1. The average molecular weight is 252 g/mol. The van der Waals surface area contributed by atoms with Crippen molar-refractivity contribution in [3.63, 3.8) is 0 Å². The summed E-state index contributed by atoms with van der Waals surface area (Å²) in [6, 6.07) is 3.85. The van der Waals surface area contributed by atoms with Gasteiger partial charge in [0, 0.05) is 19.0 Å². The molecule has 0 radical (unpaired) electrons. The topological polar surface area (TPSA) is 46.8 Å². The van der Waals surface area contributed by atoms with Crippen molar-refractivity contribution in [1.29, 1.82) is 0 Å². The second kappa shape index (κ2) is 4.74. The molecule has 2 saturated heterocycles. The maximum absolute atomic E-state index is 5.41. The van der Waals surface area contributed by atoms with Gasteiger partial charge in [0.05, 0.1) is 18.3 Å². The zero-order chi connectivity index (χ0) is 11.6. The van der Waals surface area contributed by atoms with Gasteiger partial charge >= 0.3 is 0 Å². The lowest BCUT2D eigenvalue weighted by Crippen LogP contribution is -2.48. The summed E-state index contributed by atoms with van der Waals surface area (Å²) in [5, 5.41) is 4.60.